The number of hydrogen-bond donors (Lipinski definition) is 0. The van der Waals surface area contributed by atoms with Gasteiger partial charge in [-0.1, -0.05) is 29.3 Å². The predicted octanol–water partition coefficient (Wildman–Crippen LogP) is 3.57. The monoisotopic (exact) mass is 278 g/mol. The van der Waals surface area contributed by atoms with Gasteiger partial charge in [0.05, 0.1) is 0 Å². The average molecular weight is 280 g/mol. The van der Waals surface area contributed by atoms with E-state index < -0.39 is 4.84 Å². The van der Waals surface area contributed by atoms with Gasteiger partial charge >= 0.3 is 0 Å². The van der Waals surface area contributed by atoms with Crippen LogP contribution >= 0.6 is 39.1 Å². The molecule has 13 heavy (non-hydrogen) atoms. The van der Waals surface area contributed by atoms with Crippen molar-refractivity contribution in [2.24, 2.45) is 0 Å². The Morgan fingerprint density at radius 3 is 2.77 bits per heavy atom. The molecule has 2 aromatic heterocycles. The molecule has 0 aliphatic carbocycles. The molecule has 0 aliphatic rings. The molecular formula is C8H5BrCl2N2. The highest BCUT2D eigenvalue weighted by Gasteiger charge is 2.14. The molecule has 0 bridgehead atoms. The third-order valence-corrected chi connectivity index (χ3v) is 2.90. The Morgan fingerprint density at radius 2 is 2.15 bits per heavy atom. The summed E-state index contributed by atoms with van der Waals surface area (Å²) in [6, 6.07) is 5.72. The lowest BCUT2D eigenvalue weighted by Gasteiger charge is -1.95. The molecule has 2 heterocycles. The van der Waals surface area contributed by atoms with Crippen LogP contribution in [0.3, 0.4) is 0 Å². The van der Waals surface area contributed by atoms with E-state index >= 15 is 0 Å². The topological polar surface area (TPSA) is 17.3 Å². The molecule has 0 N–H and O–H groups in total. The zero-order chi connectivity index (χ0) is 9.42. The van der Waals surface area contributed by atoms with Crippen LogP contribution < -0.4 is 0 Å². The molecule has 0 amide bonds. The van der Waals surface area contributed by atoms with Gasteiger partial charge in [-0.05, 0) is 28.1 Å². The summed E-state index contributed by atoms with van der Waals surface area (Å²) in [7, 11) is 0. The lowest BCUT2D eigenvalue weighted by molar-refractivity contribution is 1.13. The molecule has 0 aromatic carbocycles. The van der Waals surface area contributed by atoms with Gasteiger partial charge in [0.15, 0.2) is 4.84 Å². The minimum absolute atomic E-state index is 0.603. The molecule has 0 aliphatic heterocycles. The van der Waals surface area contributed by atoms with Gasteiger partial charge in [0.25, 0.3) is 0 Å². The summed E-state index contributed by atoms with van der Waals surface area (Å²) >= 11 is 14.9. The Hall–Kier alpha value is -0.250. The fourth-order valence-electron chi connectivity index (χ4n) is 1.12. The van der Waals surface area contributed by atoms with Crippen molar-refractivity contribution in [3.8, 4) is 0 Å². The molecule has 5 heteroatoms. The van der Waals surface area contributed by atoms with Crippen LogP contribution in [0.25, 0.3) is 5.65 Å². The largest absolute Gasteiger partial charge is 0.294 e. The molecule has 0 radical (unpaired) electrons. The summed E-state index contributed by atoms with van der Waals surface area (Å²) in [5.41, 5.74) is 1.48. The summed E-state index contributed by atoms with van der Waals surface area (Å²) < 4.78 is 2.69. The number of pyridine rings is 1. The Bertz CT molecular complexity index is 439. The summed E-state index contributed by atoms with van der Waals surface area (Å²) in [6.45, 7) is 0. The normalized spacial score (nSPS) is 11.4. The lowest BCUT2D eigenvalue weighted by atomic mass is 10.5. The summed E-state index contributed by atoms with van der Waals surface area (Å²) in [5, 5.41) is 0. The zero-order valence-electron chi connectivity index (χ0n) is 6.42. The van der Waals surface area contributed by atoms with Crippen molar-refractivity contribution >= 4 is 44.8 Å². The fraction of sp³-hybridized carbons (Fsp3) is 0.125. The van der Waals surface area contributed by atoms with Crippen molar-refractivity contribution in [2.75, 3.05) is 0 Å². The first-order chi connectivity index (χ1) is 6.20. The molecule has 2 nitrogen and oxygen atoms in total. The summed E-state index contributed by atoms with van der Waals surface area (Å²) in [4.78, 5) is 3.66. The van der Waals surface area contributed by atoms with Crippen molar-refractivity contribution in [3.63, 3.8) is 0 Å². The van der Waals surface area contributed by atoms with E-state index in [1.807, 2.05) is 28.8 Å². The van der Waals surface area contributed by atoms with Crippen molar-refractivity contribution in [3.05, 3.63) is 34.7 Å². The molecule has 0 atom stereocenters. The van der Waals surface area contributed by atoms with Gasteiger partial charge in [0.1, 0.15) is 15.9 Å². The maximum absolute atomic E-state index is 5.74. The maximum Gasteiger partial charge on any atom is 0.152 e. The highest BCUT2D eigenvalue weighted by Crippen LogP contribution is 2.30. The highest BCUT2D eigenvalue weighted by atomic mass is 79.9. The maximum atomic E-state index is 5.74. The van der Waals surface area contributed by atoms with Crippen molar-refractivity contribution < 1.29 is 0 Å². The first-order valence-electron chi connectivity index (χ1n) is 3.61. The van der Waals surface area contributed by atoms with Crippen LogP contribution in [-0.4, -0.2) is 9.38 Å². The van der Waals surface area contributed by atoms with Crippen molar-refractivity contribution in [1.82, 2.24) is 9.38 Å². The summed E-state index contributed by atoms with van der Waals surface area (Å²) in [5.74, 6) is 0. The second-order valence-electron chi connectivity index (χ2n) is 2.52. The number of hydrogen-bond acceptors (Lipinski definition) is 1. The number of halogens is 3. The Morgan fingerprint density at radius 1 is 1.38 bits per heavy atom. The number of rotatable bonds is 1. The molecule has 2 rings (SSSR count). The average Bonchev–Trinajstić information content (AvgIpc) is 2.45. The second-order valence-corrected chi connectivity index (χ2v) is 4.36. The zero-order valence-corrected chi connectivity index (χ0v) is 9.51. The summed E-state index contributed by atoms with van der Waals surface area (Å²) in [6.07, 6.45) is 1.89. The van der Waals surface area contributed by atoms with Crippen molar-refractivity contribution in [2.45, 2.75) is 4.84 Å². The first-order valence-corrected chi connectivity index (χ1v) is 5.27. The molecule has 0 saturated carbocycles. The molecule has 2 aromatic rings. The number of nitrogens with zero attached hydrogens (tertiary/aromatic N) is 2. The minimum Gasteiger partial charge on any atom is -0.294 e. The SMILES string of the molecule is ClC(Cl)c1nc2ccccn2c1Br. The minimum atomic E-state index is -0.603. The fourth-order valence-corrected chi connectivity index (χ4v) is 2.31. The van der Waals surface area contributed by atoms with Gasteiger partial charge in [-0.25, -0.2) is 4.98 Å². The van der Waals surface area contributed by atoms with Crippen LogP contribution in [0.15, 0.2) is 29.0 Å². The van der Waals surface area contributed by atoms with E-state index in [0.717, 1.165) is 10.3 Å². The van der Waals surface area contributed by atoms with Gasteiger partial charge in [-0.2, -0.15) is 0 Å². The smallest absolute Gasteiger partial charge is 0.152 e. The predicted molar refractivity (Wildman–Crippen MR) is 57.3 cm³/mol. The van der Waals surface area contributed by atoms with Crippen molar-refractivity contribution in [1.29, 1.82) is 0 Å². The van der Waals surface area contributed by atoms with E-state index in [4.69, 9.17) is 23.2 Å². The van der Waals surface area contributed by atoms with Gasteiger partial charge in [0, 0.05) is 6.20 Å². The van der Waals surface area contributed by atoms with Gasteiger partial charge in [-0.3, -0.25) is 4.40 Å². The highest BCUT2D eigenvalue weighted by molar-refractivity contribution is 9.10. The Balaban J connectivity index is 2.74. The number of fused-ring (bicyclic) bond motifs is 1. The molecule has 0 saturated heterocycles. The van der Waals surface area contributed by atoms with Crippen LogP contribution in [-0.2, 0) is 0 Å². The molecule has 0 spiro atoms. The van der Waals surface area contributed by atoms with Crippen LogP contribution in [0.5, 0.6) is 0 Å². The van der Waals surface area contributed by atoms with E-state index in [1.165, 1.54) is 0 Å². The van der Waals surface area contributed by atoms with E-state index in [1.54, 1.807) is 0 Å². The van der Waals surface area contributed by atoms with Gasteiger partial charge in [-0.15, -0.1) is 0 Å². The van der Waals surface area contributed by atoms with Crippen LogP contribution in [0, 0.1) is 0 Å². The molecular weight excluding hydrogens is 275 g/mol. The first kappa shape index (κ1) is 9.31. The molecule has 0 fully saturated rings. The Labute approximate surface area is 93.6 Å². The Kier molecular flexibility index (Phi) is 2.49. The van der Waals surface area contributed by atoms with Crippen LogP contribution in [0.4, 0.5) is 0 Å². The van der Waals surface area contributed by atoms with Gasteiger partial charge < -0.3 is 0 Å². The van der Waals surface area contributed by atoms with E-state index in [0.29, 0.717) is 5.69 Å². The second kappa shape index (κ2) is 3.48. The third kappa shape index (κ3) is 1.56. The van der Waals surface area contributed by atoms with Gasteiger partial charge in [0.2, 0.25) is 0 Å². The molecule has 0 unspecified atom stereocenters. The number of imidazole rings is 1. The quantitative estimate of drug-likeness (QED) is 0.730. The van der Waals surface area contributed by atoms with E-state index in [9.17, 15) is 0 Å². The van der Waals surface area contributed by atoms with E-state index in [2.05, 4.69) is 20.9 Å². The van der Waals surface area contributed by atoms with Crippen LogP contribution in [0.1, 0.15) is 10.5 Å². The lowest BCUT2D eigenvalue weighted by Crippen LogP contribution is -1.83. The number of aromatic nitrogens is 2. The number of alkyl halides is 2. The third-order valence-electron chi connectivity index (χ3n) is 1.70. The van der Waals surface area contributed by atoms with E-state index in [-0.39, 0.29) is 0 Å². The standard InChI is InChI=1S/C8H5BrCl2N2/c9-7-6(8(10)11)12-5-3-1-2-4-13(5)7/h1-4,8H. The van der Waals surface area contributed by atoms with Crippen LogP contribution in [0.2, 0.25) is 0 Å². The molecule has 68 valence electrons.